The maximum atomic E-state index is 5.61. The van der Waals surface area contributed by atoms with Crippen molar-refractivity contribution in [1.82, 2.24) is 5.32 Å². The zero-order valence-electron chi connectivity index (χ0n) is 13.8. The van der Waals surface area contributed by atoms with Gasteiger partial charge in [-0.1, -0.05) is 13.8 Å². The van der Waals surface area contributed by atoms with Gasteiger partial charge < -0.3 is 14.8 Å². The van der Waals surface area contributed by atoms with Gasteiger partial charge in [-0.25, -0.2) is 0 Å². The van der Waals surface area contributed by atoms with Gasteiger partial charge in [0.05, 0.1) is 18.2 Å². The summed E-state index contributed by atoms with van der Waals surface area (Å²) in [6.45, 7) is 10.2. The molecule has 1 aromatic rings. The monoisotopic (exact) mass is 357 g/mol. The Morgan fingerprint density at radius 3 is 2.48 bits per heavy atom. The Labute approximate surface area is 137 Å². The van der Waals surface area contributed by atoms with Crippen LogP contribution in [0.2, 0.25) is 0 Å². The molecule has 1 N–H and O–H groups in total. The first-order valence-corrected chi connectivity index (χ1v) is 8.49. The lowest BCUT2D eigenvalue weighted by molar-refractivity contribution is 0.308. The van der Waals surface area contributed by atoms with Gasteiger partial charge in [0, 0.05) is 12.6 Å². The lowest BCUT2D eigenvalue weighted by atomic mass is 10.0. The molecule has 4 heteroatoms. The van der Waals surface area contributed by atoms with E-state index in [1.54, 1.807) is 7.11 Å². The molecule has 120 valence electrons. The molecule has 1 aromatic carbocycles. The number of halogens is 1. The van der Waals surface area contributed by atoms with Crippen LogP contribution in [0.5, 0.6) is 11.5 Å². The zero-order valence-corrected chi connectivity index (χ0v) is 15.4. The number of ether oxygens (including phenoxy) is 2. The average molecular weight is 358 g/mol. The van der Waals surface area contributed by atoms with Crippen LogP contribution in [0.4, 0.5) is 0 Å². The Morgan fingerprint density at radius 1 is 1.19 bits per heavy atom. The summed E-state index contributed by atoms with van der Waals surface area (Å²) in [6.07, 6.45) is 2.46. The van der Waals surface area contributed by atoms with Crippen LogP contribution >= 0.6 is 15.9 Å². The van der Waals surface area contributed by atoms with E-state index in [4.69, 9.17) is 9.47 Å². The molecule has 0 aliphatic rings. The van der Waals surface area contributed by atoms with Gasteiger partial charge in [0.25, 0.3) is 0 Å². The van der Waals surface area contributed by atoms with Gasteiger partial charge in [0.1, 0.15) is 0 Å². The molecule has 0 aliphatic heterocycles. The molecule has 0 radical (unpaired) electrons. The fourth-order valence-electron chi connectivity index (χ4n) is 2.14. The molecule has 3 nitrogen and oxygen atoms in total. The number of nitrogens with one attached hydrogen (secondary N) is 1. The average Bonchev–Trinajstić information content (AvgIpc) is 2.45. The van der Waals surface area contributed by atoms with E-state index >= 15 is 0 Å². The van der Waals surface area contributed by atoms with E-state index in [9.17, 15) is 0 Å². The molecule has 0 fully saturated rings. The van der Waals surface area contributed by atoms with Crippen molar-refractivity contribution in [2.24, 2.45) is 5.92 Å². The van der Waals surface area contributed by atoms with Gasteiger partial charge in [0.2, 0.25) is 0 Å². The van der Waals surface area contributed by atoms with Crippen molar-refractivity contribution >= 4 is 15.9 Å². The van der Waals surface area contributed by atoms with Crippen LogP contribution in [-0.2, 0) is 6.54 Å². The van der Waals surface area contributed by atoms with Crippen LogP contribution in [0.1, 0.15) is 46.1 Å². The fourth-order valence-corrected chi connectivity index (χ4v) is 2.74. The summed E-state index contributed by atoms with van der Waals surface area (Å²) in [6, 6.07) is 4.65. The number of rotatable bonds is 9. The molecular weight excluding hydrogens is 330 g/mol. The van der Waals surface area contributed by atoms with Crippen LogP contribution in [-0.4, -0.2) is 19.8 Å². The summed E-state index contributed by atoms with van der Waals surface area (Å²) in [5.41, 5.74) is 1.19. The highest BCUT2D eigenvalue weighted by molar-refractivity contribution is 9.10. The van der Waals surface area contributed by atoms with Gasteiger partial charge in [0.15, 0.2) is 11.5 Å². The van der Waals surface area contributed by atoms with Crippen molar-refractivity contribution < 1.29 is 9.47 Å². The van der Waals surface area contributed by atoms with Gasteiger partial charge in [-0.05, 0) is 66.2 Å². The van der Waals surface area contributed by atoms with Crippen LogP contribution in [0.25, 0.3) is 0 Å². The third kappa shape index (κ3) is 6.27. The van der Waals surface area contributed by atoms with E-state index in [0.29, 0.717) is 12.6 Å². The molecule has 1 rings (SSSR count). The highest BCUT2D eigenvalue weighted by Crippen LogP contribution is 2.36. The zero-order chi connectivity index (χ0) is 15.8. The Morgan fingerprint density at radius 2 is 1.90 bits per heavy atom. The molecule has 0 saturated carbocycles. The van der Waals surface area contributed by atoms with E-state index in [-0.39, 0.29) is 0 Å². The quantitative estimate of drug-likeness (QED) is 0.690. The fraction of sp³-hybridized carbons (Fsp3) is 0.647. The van der Waals surface area contributed by atoms with Crippen molar-refractivity contribution in [3.05, 3.63) is 22.2 Å². The van der Waals surface area contributed by atoms with E-state index < -0.39 is 0 Å². The Bertz CT molecular complexity index is 435. The predicted octanol–water partition coefficient (Wildman–Crippen LogP) is 4.77. The lowest BCUT2D eigenvalue weighted by Crippen LogP contribution is -2.25. The topological polar surface area (TPSA) is 30.5 Å². The standard InChI is InChI=1S/C17H28BrNO2/c1-6-21-17-15(18)9-14(10-16(17)20-5)11-19-13(4)8-7-12(2)3/h9-10,12-13,19H,6-8,11H2,1-5H3. The Balaban J connectivity index is 2.65. The largest absolute Gasteiger partial charge is 0.493 e. The third-order valence-electron chi connectivity index (χ3n) is 3.41. The molecule has 0 amide bonds. The van der Waals surface area contributed by atoms with E-state index in [1.807, 2.05) is 13.0 Å². The normalized spacial score (nSPS) is 12.5. The summed E-state index contributed by atoms with van der Waals surface area (Å²) in [7, 11) is 1.67. The van der Waals surface area contributed by atoms with E-state index in [1.165, 1.54) is 18.4 Å². The highest BCUT2D eigenvalue weighted by Gasteiger charge is 2.12. The van der Waals surface area contributed by atoms with Crippen molar-refractivity contribution in [1.29, 1.82) is 0 Å². The minimum Gasteiger partial charge on any atom is -0.493 e. The number of benzene rings is 1. The number of hydrogen-bond acceptors (Lipinski definition) is 3. The van der Waals surface area contributed by atoms with E-state index in [0.717, 1.165) is 28.4 Å². The Hall–Kier alpha value is -0.740. The Kier molecular flexibility index (Phi) is 8.12. The smallest absolute Gasteiger partial charge is 0.175 e. The summed E-state index contributed by atoms with van der Waals surface area (Å²) in [5.74, 6) is 2.31. The number of hydrogen-bond donors (Lipinski definition) is 1. The minimum absolute atomic E-state index is 0.517. The molecule has 21 heavy (non-hydrogen) atoms. The van der Waals surface area contributed by atoms with Crippen LogP contribution in [0, 0.1) is 5.92 Å². The second kappa shape index (κ2) is 9.31. The van der Waals surface area contributed by atoms with Crippen molar-refractivity contribution in [2.45, 2.75) is 53.1 Å². The van der Waals surface area contributed by atoms with Gasteiger partial charge in [-0.2, -0.15) is 0 Å². The highest BCUT2D eigenvalue weighted by atomic mass is 79.9. The first kappa shape index (κ1) is 18.3. The minimum atomic E-state index is 0.517. The van der Waals surface area contributed by atoms with Crippen molar-refractivity contribution in [3.63, 3.8) is 0 Å². The molecule has 0 bridgehead atoms. The van der Waals surface area contributed by atoms with Crippen LogP contribution < -0.4 is 14.8 Å². The third-order valence-corrected chi connectivity index (χ3v) is 4.00. The molecule has 1 atom stereocenters. The summed E-state index contributed by atoms with van der Waals surface area (Å²) in [4.78, 5) is 0. The first-order valence-electron chi connectivity index (χ1n) is 7.70. The van der Waals surface area contributed by atoms with Crippen LogP contribution in [0.3, 0.4) is 0 Å². The second-order valence-corrected chi connectivity index (χ2v) is 6.65. The van der Waals surface area contributed by atoms with Crippen LogP contribution in [0.15, 0.2) is 16.6 Å². The second-order valence-electron chi connectivity index (χ2n) is 5.80. The summed E-state index contributed by atoms with van der Waals surface area (Å²) < 4.78 is 12.0. The van der Waals surface area contributed by atoms with Crippen molar-refractivity contribution in [3.8, 4) is 11.5 Å². The number of methoxy groups -OCH3 is 1. The maximum Gasteiger partial charge on any atom is 0.175 e. The van der Waals surface area contributed by atoms with Gasteiger partial charge in [-0.15, -0.1) is 0 Å². The molecular formula is C17H28BrNO2. The molecule has 0 aliphatic carbocycles. The lowest BCUT2D eigenvalue weighted by Gasteiger charge is -2.17. The van der Waals surface area contributed by atoms with Gasteiger partial charge in [-0.3, -0.25) is 0 Å². The summed E-state index contributed by atoms with van der Waals surface area (Å²) in [5, 5.41) is 3.57. The molecule has 0 heterocycles. The predicted molar refractivity (Wildman–Crippen MR) is 92.2 cm³/mol. The first-order chi connectivity index (χ1) is 9.97. The SMILES string of the molecule is CCOc1c(Br)cc(CNC(C)CCC(C)C)cc1OC. The molecule has 0 saturated heterocycles. The maximum absolute atomic E-state index is 5.61. The van der Waals surface area contributed by atoms with Gasteiger partial charge >= 0.3 is 0 Å². The summed E-state index contributed by atoms with van der Waals surface area (Å²) >= 11 is 3.56. The molecule has 0 aromatic heterocycles. The van der Waals surface area contributed by atoms with Crippen molar-refractivity contribution in [2.75, 3.05) is 13.7 Å². The molecule has 0 spiro atoms. The van der Waals surface area contributed by atoms with E-state index in [2.05, 4.69) is 48.1 Å². The molecule has 1 unspecified atom stereocenters.